The zero-order valence-electron chi connectivity index (χ0n) is 6.74. The molecular weight excluding hydrogens is 192 g/mol. The van der Waals surface area contributed by atoms with Gasteiger partial charge in [0.2, 0.25) is 0 Å². The van der Waals surface area contributed by atoms with Gasteiger partial charge in [0.15, 0.2) is 0 Å². The highest BCUT2D eigenvalue weighted by atomic mass is 32.2. The summed E-state index contributed by atoms with van der Waals surface area (Å²) in [4.78, 5) is 12.0. The van der Waals surface area contributed by atoms with E-state index >= 15 is 0 Å². The first-order valence-corrected chi connectivity index (χ1v) is 5.55. The van der Waals surface area contributed by atoms with E-state index in [0.29, 0.717) is 4.88 Å². The molecule has 0 fully saturated rings. The van der Waals surface area contributed by atoms with E-state index in [-0.39, 0.29) is 0 Å². The molecule has 4 heteroatoms. The summed E-state index contributed by atoms with van der Waals surface area (Å²) >= 11 is 2.90. The molecule has 0 aliphatic carbocycles. The minimum atomic E-state index is -0.816. The second-order valence-electron chi connectivity index (χ2n) is 2.27. The molecule has 1 aromatic rings. The van der Waals surface area contributed by atoms with Crippen molar-refractivity contribution in [2.24, 2.45) is 0 Å². The number of thiophene rings is 1. The van der Waals surface area contributed by atoms with Gasteiger partial charge in [-0.3, -0.25) is 0 Å². The molecule has 0 atom stereocenters. The lowest BCUT2D eigenvalue weighted by Gasteiger charge is -1.96. The van der Waals surface area contributed by atoms with Gasteiger partial charge in [0.1, 0.15) is 4.88 Å². The van der Waals surface area contributed by atoms with Gasteiger partial charge in [-0.2, -0.15) is 0 Å². The number of rotatable bonds is 4. The van der Waals surface area contributed by atoms with E-state index in [0.717, 1.165) is 17.1 Å². The van der Waals surface area contributed by atoms with Crippen LogP contribution < -0.4 is 0 Å². The van der Waals surface area contributed by atoms with Crippen molar-refractivity contribution in [3.63, 3.8) is 0 Å². The highest BCUT2D eigenvalue weighted by Gasteiger charge is 2.10. The van der Waals surface area contributed by atoms with Gasteiger partial charge in [-0.15, -0.1) is 23.1 Å². The fraction of sp³-hybridized carbons (Fsp3) is 0.375. The molecule has 0 aliphatic heterocycles. The third-order valence-electron chi connectivity index (χ3n) is 1.29. The number of aromatic carboxylic acids is 1. The molecule has 1 aromatic heterocycles. The Balaban J connectivity index is 2.70. The summed E-state index contributed by atoms with van der Waals surface area (Å²) in [5.41, 5.74) is 0. The van der Waals surface area contributed by atoms with Crippen molar-refractivity contribution >= 4 is 29.1 Å². The Morgan fingerprint density at radius 3 is 3.08 bits per heavy atom. The van der Waals surface area contributed by atoms with E-state index in [1.54, 1.807) is 11.8 Å². The predicted octanol–water partition coefficient (Wildman–Crippen LogP) is 2.95. The Labute approximate surface area is 79.6 Å². The molecule has 0 radical (unpaired) electrons. The molecule has 1 rings (SSSR count). The first kappa shape index (κ1) is 9.61. The lowest BCUT2D eigenvalue weighted by molar-refractivity contribution is 0.0699. The average Bonchev–Trinajstić information content (AvgIpc) is 2.48. The van der Waals surface area contributed by atoms with Gasteiger partial charge < -0.3 is 5.11 Å². The minimum absolute atomic E-state index is 0.466. The Bertz CT molecular complexity index is 268. The number of carbonyl (C=O) groups is 1. The second-order valence-corrected chi connectivity index (χ2v) is 4.32. The van der Waals surface area contributed by atoms with E-state index in [9.17, 15) is 4.79 Å². The monoisotopic (exact) mass is 202 g/mol. The highest BCUT2D eigenvalue weighted by molar-refractivity contribution is 7.99. The van der Waals surface area contributed by atoms with Gasteiger partial charge in [0.05, 0.1) is 0 Å². The van der Waals surface area contributed by atoms with Crippen LogP contribution in [0.1, 0.15) is 23.0 Å². The lowest BCUT2D eigenvalue weighted by Crippen LogP contribution is -1.93. The maximum atomic E-state index is 10.6. The average molecular weight is 202 g/mol. The molecule has 0 unspecified atom stereocenters. The van der Waals surface area contributed by atoms with Gasteiger partial charge in [0.25, 0.3) is 0 Å². The van der Waals surface area contributed by atoms with Gasteiger partial charge in [-0.1, -0.05) is 6.92 Å². The van der Waals surface area contributed by atoms with Crippen LogP contribution in [0.4, 0.5) is 0 Å². The van der Waals surface area contributed by atoms with Crippen LogP contribution in [0.15, 0.2) is 16.3 Å². The molecule has 1 N–H and O–H groups in total. The standard InChI is InChI=1S/C8H10O2S2/c1-2-4-11-6-3-5-12-7(6)8(9)10/h3,5H,2,4H2,1H3,(H,9,10). The van der Waals surface area contributed by atoms with Gasteiger partial charge in [-0.05, 0) is 23.6 Å². The molecule has 2 nitrogen and oxygen atoms in total. The van der Waals surface area contributed by atoms with Crippen LogP contribution in [0.2, 0.25) is 0 Å². The van der Waals surface area contributed by atoms with Crippen molar-refractivity contribution in [3.8, 4) is 0 Å². The molecule has 0 aromatic carbocycles. The van der Waals surface area contributed by atoms with Crippen molar-refractivity contribution in [1.29, 1.82) is 0 Å². The van der Waals surface area contributed by atoms with Crippen molar-refractivity contribution in [3.05, 3.63) is 16.3 Å². The number of hydrogen-bond donors (Lipinski definition) is 1. The summed E-state index contributed by atoms with van der Waals surface area (Å²) in [6, 6.07) is 1.87. The van der Waals surface area contributed by atoms with Crippen molar-refractivity contribution < 1.29 is 9.90 Å². The summed E-state index contributed by atoms with van der Waals surface area (Å²) in [6.07, 6.45) is 1.07. The molecule has 0 saturated carbocycles. The third kappa shape index (κ3) is 2.25. The van der Waals surface area contributed by atoms with E-state index in [4.69, 9.17) is 5.11 Å². The van der Waals surface area contributed by atoms with Crippen LogP contribution in [0.25, 0.3) is 0 Å². The van der Waals surface area contributed by atoms with Gasteiger partial charge in [-0.25, -0.2) is 4.79 Å². The molecular formula is C8H10O2S2. The van der Waals surface area contributed by atoms with E-state index in [1.807, 2.05) is 11.4 Å². The van der Waals surface area contributed by atoms with Crippen LogP contribution in [0.3, 0.4) is 0 Å². The first-order chi connectivity index (χ1) is 5.75. The molecule has 0 bridgehead atoms. The fourth-order valence-electron chi connectivity index (χ4n) is 0.779. The molecule has 0 saturated heterocycles. The summed E-state index contributed by atoms with van der Waals surface area (Å²) in [5, 5.41) is 10.6. The Hall–Kier alpha value is -0.480. The number of carboxylic acid groups (broad SMARTS) is 1. The zero-order chi connectivity index (χ0) is 8.97. The van der Waals surface area contributed by atoms with Crippen LogP contribution in [-0.2, 0) is 0 Å². The molecule has 1 heterocycles. The SMILES string of the molecule is CCCSc1ccsc1C(=O)O. The summed E-state index contributed by atoms with van der Waals surface area (Å²) in [7, 11) is 0. The normalized spacial score (nSPS) is 10.1. The van der Waals surface area contributed by atoms with Crippen molar-refractivity contribution in [1.82, 2.24) is 0 Å². The van der Waals surface area contributed by atoms with Crippen LogP contribution >= 0.6 is 23.1 Å². The van der Waals surface area contributed by atoms with Crippen molar-refractivity contribution in [2.45, 2.75) is 18.2 Å². The quantitative estimate of drug-likeness (QED) is 0.763. The fourth-order valence-corrected chi connectivity index (χ4v) is 2.62. The first-order valence-electron chi connectivity index (χ1n) is 3.69. The van der Waals surface area contributed by atoms with Gasteiger partial charge in [0, 0.05) is 4.90 Å². The van der Waals surface area contributed by atoms with E-state index in [2.05, 4.69) is 6.92 Å². The Kier molecular flexibility index (Phi) is 3.62. The maximum absolute atomic E-state index is 10.6. The number of carboxylic acids is 1. The minimum Gasteiger partial charge on any atom is -0.477 e. The van der Waals surface area contributed by atoms with Crippen LogP contribution in [-0.4, -0.2) is 16.8 Å². The van der Waals surface area contributed by atoms with Crippen molar-refractivity contribution in [2.75, 3.05) is 5.75 Å². The Morgan fingerprint density at radius 2 is 2.50 bits per heavy atom. The third-order valence-corrected chi connectivity index (χ3v) is 3.58. The molecule has 0 spiro atoms. The molecule has 0 aliphatic rings. The summed E-state index contributed by atoms with van der Waals surface area (Å²) in [5.74, 6) is 0.167. The smallest absolute Gasteiger partial charge is 0.347 e. The second kappa shape index (κ2) is 4.52. The van der Waals surface area contributed by atoms with Gasteiger partial charge >= 0.3 is 5.97 Å². The van der Waals surface area contributed by atoms with Crippen LogP contribution in [0.5, 0.6) is 0 Å². The highest BCUT2D eigenvalue weighted by Crippen LogP contribution is 2.27. The van der Waals surface area contributed by atoms with E-state index < -0.39 is 5.97 Å². The lowest BCUT2D eigenvalue weighted by atomic mass is 10.5. The zero-order valence-corrected chi connectivity index (χ0v) is 8.37. The molecule has 12 heavy (non-hydrogen) atoms. The summed E-state index contributed by atoms with van der Waals surface area (Å²) < 4.78 is 0. The number of thioether (sulfide) groups is 1. The topological polar surface area (TPSA) is 37.3 Å². The largest absolute Gasteiger partial charge is 0.477 e. The predicted molar refractivity (Wildman–Crippen MR) is 52.3 cm³/mol. The summed E-state index contributed by atoms with van der Waals surface area (Å²) in [6.45, 7) is 2.08. The number of hydrogen-bond acceptors (Lipinski definition) is 3. The molecule has 0 amide bonds. The Morgan fingerprint density at radius 1 is 1.75 bits per heavy atom. The molecule has 66 valence electrons. The van der Waals surface area contributed by atoms with Crippen LogP contribution in [0, 0.1) is 0 Å². The maximum Gasteiger partial charge on any atom is 0.347 e. The van der Waals surface area contributed by atoms with E-state index in [1.165, 1.54) is 11.3 Å².